The summed E-state index contributed by atoms with van der Waals surface area (Å²) in [6, 6.07) is 7.26. The molecule has 2 amide bonds. The van der Waals surface area contributed by atoms with Crippen molar-refractivity contribution in [3.8, 4) is 0 Å². The normalized spacial score (nSPS) is 12.0. The zero-order chi connectivity index (χ0) is 16.0. The van der Waals surface area contributed by atoms with Crippen molar-refractivity contribution in [2.45, 2.75) is 26.7 Å². The first kappa shape index (κ1) is 17.0. The van der Waals surface area contributed by atoms with Crippen LogP contribution in [0.1, 0.15) is 32.3 Å². The first-order valence-electron chi connectivity index (χ1n) is 7.18. The molecule has 21 heavy (non-hydrogen) atoms. The van der Waals surface area contributed by atoms with Crippen molar-refractivity contribution in [3.63, 3.8) is 0 Å². The summed E-state index contributed by atoms with van der Waals surface area (Å²) in [6.07, 6.45) is 0. The van der Waals surface area contributed by atoms with Gasteiger partial charge in [-0.1, -0.05) is 26.0 Å². The maximum Gasteiger partial charge on any atom is 0.239 e. The molecule has 1 atom stereocenters. The molecular formula is C16H25N3O2. The van der Waals surface area contributed by atoms with Crippen LogP contribution in [0.3, 0.4) is 0 Å². The van der Waals surface area contributed by atoms with E-state index in [1.54, 1.807) is 19.2 Å². The van der Waals surface area contributed by atoms with Gasteiger partial charge in [-0.05, 0) is 30.5 Å². The number of nitrogen functional groups attached to an aromatic ring is 1. The highest BCUT2D eigenvalue weighted by Gasteiger charge is 2.21. The fourth-order valence-corrected chi connectivity index (χ4v) is 1.97. The van der Waals surface area contributed by atoms with Crippen LogP contribution in [0.15, 0.2) is 24.3 Å². The lowest BCUT2D eigenvalue weighted by molar-refractivity contribution is -0.135. The Labute approximate surface area is 126 Å². The van der Waals surface area contributed by atoms with E-state index in [2.05, 4.69) is 5.32 Å². The number of rotatable bonds is 6. The molecule has 1 aromatic rings. The summed E-state index contributed by atoms with van der Waals surface area (Å²) in [6.45, 7) is 6.55. The summed E-state index contributed by atoms with van der Waals surface area (Å²) in [4.78, 5) is 25.5. The van der Waals surface area contributed by atoms with Crippen molar-refractivity contribution in [1.82, 2.24) is 10.2 Å². The molecule has 0 aliphatic rings. The van der Waals surface area contributed by atoms with E-state index >= 15 is 0 Å². The molecule has 5 heteroatoms. The van der Waals surface area contributed by atoms with Crippen LogP contribution in [0.2, 0.25) is 0 Å². The van der Waals surface area contributed by atoms with Crippen LogP contribution in [-0.4, -0.2) is 36.9 Å². The minimum Gasteiger partial charge on any atom is -0.399 e. The lowest BCUT2D eigenvalue weighted by Crippen LogP contribution is -2.40. The van der Waals surface area contributed by atoms with Gasteiger partial charge in [-0.25, -0.2) is 0 Å². The average Bonchev–Trinajstić information content (AvgIpc) is 2.43. The summed E-state index contributed by atoms with van der Waals surface area (Å²) < 4.78 is 0. The van der Waals surface area contributed by atoms with Crippen molar-refractivity contribution >= 4 is 17.5 Å². The third-order valence-corrected chi connectivity index (χ3v) is 3.25. The molecule has 1 aromatic carbocycles. The number of carbonyl (C=O) groups excluding carboxylic acids is 2. The quantitative estimate of drug-likeness (QED) is 0.782. The molecule has 0 spiro atoms. The fourth-order valence-electron chi connectivity index (χ4n) is 1.97. The Bertz CT molecular complexity index is 500. The second kappa shape index (κ2) is 7.67. The Balaban J connectivity index is 2.59. The Morgan fingerprint density at radius 3 is 2.52 bits per heavy atom. The molecule has 0 fully saturated rings. The van der Waals surface area contributed by atoms with Gasteiger partial charge in [0, 0.05) is 19.3 Å². The number of benzene rings is 1. The number of hydrogen-bond donors (Lipinski definition) is 2. The molecule has 0 heterocycles. The summed E-state index contributed by atoms with van der Waals surface area (Å²) in [5.41, 5.74) is 7.22. The highest BCUT2D eigenvalue weighted by atomic mass is 16.2. The monoisotopic (exact) mass is 291 g/mol. The van der Waals surface area contributed by atoms with Gasteiger partial charge in [0.15, 0.2) is 0 Å². The van der Waals surface area contributed by atoms with E-state index in [0.717, 1.165) is 5.56 Å². The summed E-state index contributed by atoms with van der Waals surface area (Å²) in [7, 11) is 1.64. The number of nitrogens with zero attached hydrogens (tertiary/aromatic N) is 1. The molecule has 0 saturated heterocycles. The van der Waals surface area contributed by atoms with Crippen molar-refractivity contribution in [2.24, 2.45) is 5.92 Å². The highest BCUT2D eigenvalue weighted by Crippen LogP contribution is 2.19. The zero-order valence-corrected chi connectivity index (χ0v) is 13.2. The smallest absolute Gasteiger partial charge is 0.239 e. The Hall–Kier alpha value is -2.04. The van der Waals surface area contributed by atoms with Gasteiger partial charge in [0.05, 0.1) is 12.5 Å². The van der Waals surface area contributed by atoms with Crippen molar-refractivity contribution in [2.75, 3.05) is 25.9 Å². The SMILES string of the molecule is CC(C)CNC(=O)CN(C)C(=O)C(C)c1cccc(N)c1. The van der Waals surface area contributed by atoms with Gasteiger partial charge in [0.2, 0.25) is 11.8 Å². The lowest BCUT2D eigenvalue weighted by atomic mass is 9.99. The first-order chi connectivity index (χ1) is 9.81. The van der Waals surface area contributed by atoms with Gasteiger partial charge in [0.25, 0.3) is 0 Å². The molecule has 0 aliphatic carbocycles. The average molecular weight is 291 g/mol. The molecule has 1 unspecified atom stereocenters. The number of nitrogens with one attached hydrogen (secondary N) is 1. The van der Waals surface area contributed by atoms with E-state index < -0.39 is 0 Å². The fraction of sp³-hybridized carbons (Fsp3) is 0.500. The van der Waals surface area contributed by atoms with E-state index in [9.17, 15) is 9.59 Å². The van der Waals surface area contributed by atoms with Gasteiger partial charge in [-0.3, -0.25) is 9.59 Å². The number of hydrogen-bond acceptors (Lipinski definition) is 3. The predicted octanol–water partition coefficient (Wildman–Crippen LogP) is 1.60. The molecular weight excluding hydrogens is 266 g/mol. The minimum absolute atomic E-state index is 0.0677. The Morgan fingerprint density at radius 1 is 1.29 bits per heavy atom. The van der Waals surface area contributed by atoms with E-state index in [-0.39, 0.29) is 24.3 Å². The summed E-state index contributed by atoms with van der Waals surface area (Å²) in [5.74, 6) is -0.169. The standard InChI is InChI=1S/C16H25N3O2/c1-11(2)9-18-15(20)10-19(4)16(21)12(3)13-6-5-7-14(17)8-13/h5-8,11-12H,9-10,17H2,1-4H3,(H,18,20). The van der Waals surface area contributed by atoms with Gasteiger partial charge in [0.1, 0.15) is 0 Å². The lowest BCUT2D eigenvalue weighted by Gasteiger charge is -2.21. The Kier molecular flexibility index (Phi) is 6.21. The van der Waals surface area contributed by atoms with Crippen LogP contribution < -0.4 is 11.1 Å². The topological polar surface area (TPSA) is 75.4 Å². The first-order valence-corrected chi connectivity index (χ1v) is 7.18. The van der Waals surface area contributed by atoms with Gasteiger partial charge in [-0.2, -0.15) is 0 Å². The highest BCUT2D eigenvalue weighted by molar-refractivity contribution is 5.88. The number of amides is 2. The maximum atomic E-state index is 12.3. The van der Waals surface area contributed by atoms with Gasteiger partial charge in [-0.15, -0.1) is 0 Å². The van der Waals surface area contributed by atoms with Crippen LogP contribution in [-0.2, 0) is 9.59 Å². The van der Waals surface area contributed by atoms with E-state index in [4.69, 9.17) is 5.73 Å². The van der Waals surface area contributed by atoms with Crippen molar-refractivity contribution < 1.29 is 9.59 Å². The van der Waals surface area contributed by atoms with Gasteiger partial charge >= 0.3 is 0 Å². The molecule has 0 aromatic heterocycles. The molecule has 5 nitrogen and oxygen atoms in total. The molecule has 3 N–H and O–H groups in total. The maximum absolute atomic E-state index is 12.3. The molecule has 0 radical (unpaired) electrons. The second-order valence-electron chi connectivity index (χ2n) is 5.78. The zero-order valence-electron chi connectivity index (χ0n) is 13.2. The molecule has 0 bridgehead atoms. The van der Waals surface area contributed by atoms with E-state index in [0.29, 0.717) is 18.2 Å². The minimum atomic E-state index is -0.323. The number of likely N-dealkylation sites (N-methyl/N-ethyl adjacent to an activating group) is 1. The van der Waals surface area contributed by atoms with Crippen LogP contribution in [0.25, 0.3) is 0 Å². The van der Waals surface area contributed by atoms with Crippen molar-refractivity contribution in [1.29, 1.82) is 0 Å². The van der Waals surface area contributed by atoms with E-state index in [1.165, 1.54) is 4.90 Å². The summed E-state index contributed by atoms with van der Waals surface area (Å²) in [5, 5.41) is 2.80. The second-order valence-corrected chi connectivity index (χ2v) is 5.78. The van der Waals surface area contributed by atoms with Crippen LogP contribution in [0.4, 0.5) is 5.69 Å². The van der Waals surface area contributed by atoms with Crippen LogP contribution in [0.5, 0.6) is 0 Å². The number of carbonyl (C=O) groups is 2. The molecule has 116 valence electrons. The number of nitrogens with two attached hydrogens (primary N) is 1. The molecule has 0 saturated carbocycles. The largest absolute Gasteiger partial charge is 0.399 e. The van der Waals surface area contributed by atoms with Crippen LogP contribution in [0, 0.1) is 5.92 Å². The van der Waals surface area contributed by atoms with Crippen molar-refractivity contribution in [3.05, 3.63) is 29.8 Å². The predicted molar refractivity (Wildman–Crippen MR) is 84.8 cm³/mol. The third kappa shape index (κ3) is 5.45. The molecule has 1 rings (SSSR count). The Morgan fingerprint density at radius 2 is 1.95 bits per heavy atom. The third-order valence-electron chi connectivity index (χ3n) is 3.25. The number of anilines is 1. The van der Waals surface area contributed by atoms with Gasteiger partial charge < -0.3 is 16.0 Å². The van der Waals surface area contributed by atoms with Crippen LogP contribution >= 0.6 is 0 Å². The van der Waals surface area contributed by atoms with E-state index in [1.807, 2.05) is 32.9 Å². The summed E-state index contributed by atoms with van der Waals surface area (Å²) >= 11 is 0. The molecule has 0 aliphatic heterocycles.